The molecule has 2 aromatic rings. The van der Waals surface area contributed by atoms with Crippen LogP contribution in [0.1, 0.15) is 49.3 Å². The monoisotopic (exact) mass is 453 g/mol. The molecule has 2 N–H and O–H groups in total. The average molecular weight is 454 g/mol. The van der Waals surface area contributed by atoms with E-state index < -0.39 is 0 Å². The molecule has 1 aliphatic carbocycles. The van der Waals surface area contributed by atoms with E-state index >= 15 is 0 Å². The first-order chi connectivity index (χ1) is 15.9. The van der Waals surface area contributed by atoms with E-state index in [1.165, 1.54) is 24.0 Å². The molecule has 0 bridgehead atoms. The van der Waals surface area contributed by atoms with Gasteiger partial charge in [-0.25, -0.2) is 4.79 Å². The number of aryl methyl sites for hydroxylation is 2. The highest BCUT2D eigenvalue weighted by Crippen LogP contribution is 2.37. The molecule has 0 unspecified atom stereocenters. The number of carbonyl (C=O) groups is 2. The number of rotatable bonds is 5. The van der Waals surface area contributed by atoms with Crippen molar-refractivity contribution in [2.45, 2.75) is 59.0 Å². The van der Waals surface area contributed by atoms with Crippen molar-refractivity contribution in [1.29, 1.82) is 0 Å². The number of carbonyl (C=O) groups excluding carboxylic acids is 2. The van der Waals surface area contributed by atoms with Crippen molar-refractivity contribution >= 4 is 23.8 Å². The fourth-order valence-electron chi connectivity index (χ4n) is 4.49. The van der Waals surface area contributed by atoms with Crippen LogP contribution < -0.4 is 20.1 Å². The van der Waals surface area contributed by atoms with Crippen LogP contribution in [0.25, 0.3) is 0 Å². The van der Waals surface area contributed by atoms with Gasteiger partial charge in [-0.05, 0) is 68.7 Å². The number of urea groups is 1. The third-order valence-corrected chi connectivity index (χ3v) is 6.61. The zero-order valence-corrected chi connectivity index (χ0v) is 20.2. The predicted molar refractivity (Wildman–Crippen MR) is 131 cm³/mol. The average Bonchev–Trinajstić information content (AvgIpc) is 2.81. The molecule has 0 spiro atoms. The number of fused-ring (bicyclic) bond motifs is 1. The smallest absolute Gasteiger partial charge is 0.322 e. The number of methoxy groups -OCH3 is 2. The Balaban J connectivity index is 0.000000218. The number of anilines is 2. The summed E-state index contributed by atoms with van der Waals surface area (Å²) in [6.45, 7) is 7.04. The topological polar surface area (TPSA) is 79.9 Å². The van der Waals surface area contributed by atoms with E-state index in [1.54, 1.807) is 20.3 Å². The minimum absolute atomic E-state index is 0.0194. The van der Waals surface area contributed by atoms with Gasteiger partial charge in [0.15, 0.2) is 0 Å². The van der Waals surface area contributed by atoms with Gasteiger partial charge in [0.05, 0.1) is 26.5 Å². The van der Waals surface area contributed by atoms with E-state index in [1.807, 2.05) is 30.0 Å². The van der Waals surface area contributed by atoms with Gasteiger partial charge in [-0.15, -0.1) is 0 Å². The summed E-state index contributed by atoms with van der Waals surface area (Å²) in [4.78, 5) is 24.6. The third-order valence-electron chi connectivity index (χ3n) is 6.61. The predicted octanol–water partition coefficient (Wildman–Crippen LogP) is 5.50. The zero-order chi connectivity index (χ0) is 24.0. The first-order valence-electron chi connectivity index (χ1n) is 11.5. The largest absolute Gasteiger partial charge is 0.496 e. The van der Waals surface area contributed by atoms with Gasteiger partial charge in [0, 0.05) is 23.4 Å². The zero-order valence-electron chi connectivity index (χ0n) is 20.2. The van der Waals surface area contributed by atoms with Gasteiger partial charge < -0.3 is 25.0 Å². The minimum atomic E-state index is 0.0194. The van der Waals surface area contributed by atoms with Crippen LogP contribution in [0, 0.1) is 19.8 Å². The molecule has 1 fully saturated rings. The first kappa shape index (κ1) is 24.4. The third kappa shape index (κ3) is 5.78. The maximum absolute atomic E-state index is 12.5. The molecule has 178 valence electrons. The fraction of sp³-hybridized carbons (Fsp3) is 0.462. The van der Waals surface area contributed by atoms with E-state index in [9.17, 15) is 9.59 Å². The van der Waals surface area contributed by atoms with E-state index in [0.717, 1.165) is 47.2 Å². The lowest BCUT2D eigenvalue weighted by Crippen LogP contribution is -2.46. The van der Waals surface area contributed by atoms with Crippen molar-refractivity contribution < 1.29 is 19.1 Å². The van der Waals surface area contributed by atoms with Gasteiger partial charge in [0.25, 0.3) is 0 Å². The quantitative estimate of drug-likeness (QED) is 0.586. The Labute approximate surface area is 196 Å². The maximum Gasteiger partial charge on any atom is 0.322 e. The summed E-state index contributed by atoms with van der Waals surface area (Å²) in [6, 6.07) is 9.88. The molecular weight excluding hydrogens is 418 g/mol. The second-order valence-electron chi connectivity index (χ2n) is 8.86. The second kappa shape index (κ2) is 11.1. The number of nitrogens with zero attached hydrogens (tertiary/aromatic N) is 1. The standard InChI is InChI=1S/C17H24N2O2.C9H11NO2/c1-11-4-7-13(8-5-11)19-10-14-12(2)6-9-15(21-3)16(14)18-17(19)20;1-7-3-4-8(10-6-11)5-9(7)12-2/h6,9,11,13H,4-5,7-8,10H2,1-3H3,(H,18,20);3-6H,1-2H3,(H,10,11). The SMILES string of the molecule is COc1cc(NC=O)ccc1C.COc1ccc(C)c2c1NC(=O)N(C1CCC(C)CC1)C2. The molecule has 33 heavy (non-hydrogen) atoms. The molecule has 4 rings (SSSR count). The maximum atomic E-state index is 12.5. The van der Waals surface area contributed by atoms with Crippen molar-refractivity contribution in [1.82, 2.24) is 4.90 Å². The molecule has 3 amide bonds. The lowest BCUT2D eigenvalue weighted by molar-refractivity contribution is -0.105. The Hall–Kier alpha value is -3.22. The molecule has 7 nitrogen and oxygen atoms in total. The molecule has 2 aliphatic rings. The molecule has 0 radical (unpaired) electrons. The Morgan fingerprint density at radius 1 is 1.00 bits per heavy atom. The summed E-state index contributed by atoms with van der Waals surface area (Å²) in [5, 5.41) is 5.59. The van der Waals surface area contributed by atoms with E-state index in [4.69, 9.17) is 9.47 Å². The Bertz CT molecular complexity index is 984. The molecular formula is C26H35N3O4. The van der Waals surface area contributed by atoms with Gasteiger partial charge in [0.2, 0.25) is 6.41 Å². The van der Waals surface area contributed by atoms with Crippen LogP contribution in [0.3, 0.4) is 0 Å². The van der Waals surface area contributed by atoms with Crippen molar-refractivity contribution in [3.63, 3.8) is 0 Å². The summed E-state index contributed by atoms with van der Waals surface area (Å²) in [5.74, 6) is 2.32. The van der Waals surface area contributed by atoms with Crippen LogP contribution in [0.5, 0.6) is 11.5 Å². The molecule has 1 heterocycles. The molecule has 1 aliphatic heterocycles. The van der Waals surface area contributed by atoms with Crippen LogP contribution in [0.2, 0.25) is 0 Å². The van der Waals surface area contributed by atoms with Crippen LogP contribution in [0.4, 0.5) is 16.2 Å². The number of hydrogen-bond donors (Lipinski definition) is 2. The summed E-state index contributed by atoms with van der Waals surface area (Å²) in [5.41, 5.74) is 5.04. The van der Waals surface area contributed by atoms with Crippen LogP contribution in [-0.4, -0.2) is 37.6 Å². The van der Waals surface area contributed by atoms with Crippen molar-refractivity contribution in [2.24, 2.45) is 5.92 Å². The summed E-state index contributed by atoms with van der Waals surface area (Å²) >= 11 is 0. The molecule has 1 saturated carbocycles. The molecule has 0 saturated heterocycles. The van der Waals surface area contributed by atoms with Crippen molar-refractivity contribution in [2.75, 3.05) is 24.9 Å². The van der Waals surface area contributed by atoms with E-state index in [-0.39, 0.29) is 6.03 Å². The van der Waals surface area contributed by atoms with E-state index in [0.29, 0.717) is 19.0 Å². The second-order valence-corrected chi connectivity index (χ2v) is 8.86. The van der Waals surface area contributed by atoms with Gasteiger partial charge in [-0.1, -0.05) is 19.1 Å². The number of nitrogens with one attached hydrogen (secondary N) is 2. The summed E-state index contributed by atoms with van der Waals surface area (Å²) in [6.07, 6.45) is 5.32. The van der Waals surface area contributed by atoms with Crippen LogP contribution in [-0.2, 0) is 11.3 Å². The molecule has 7 heteroatoms. The van der Waals surface area contributed by atoms with Crippen LogP contribution in [0.15, 0.2) is 30.3 Å². The summed E-state index contributed by atoms with van der Waals surface area (Å²) in [7, 11) is 3.25. The Kier molecular flexibility index (Phi) is 8.20. The van der Waals surface area contributed by atoms with Gasteiger partial charge >= 0.3 is 6.03 Å². The van der Waals surface area contributed by atoms with Gasteiger partial charge in [0.1, 0.15) is 11.5 Å². The Morgan fingerprint density at radius 2 is 1.67 bits per heavy atom. The lowest BCUT2D eigenvalue weighted by Gasteiger charge is -2.39. The number of amides is 3. The molecule has 2 aromatic carbocycles. The molecule has 0 atom stereocenters. The lowest BCUT2D eigenvalue weighted by atomic mass is 9.86. The van der Waals surface area contributed by atoms with Gasteiger partial charge in [-0.3, -0.25) is 4.79 Å². The molecule has 0 aromatic heterocycles. The van der Waals surface area contributed by atoms with Crippen molar-refractivity contribution in [3.05, 3.63) is 47.0 Å². The first-order valence-corrected chi connectivity index (χ1v) is 11.5. The number of ether oxygens (including phenoxy) is 2. The Morgan fingerprint density at radius 3 is 2.30 bits per heavy atom. The fourth-order valence-corrected chi connectivity index (χ4v) is 4.49. The number of hydrogen-bond acceptors (Lipinski definition) is 4. The highest BCUT2D eigenvalue weighted by molar-refractivity contribution is 5.94. The van der Waals surface area contributed by atoms with Crippen LogP contribution >= 0.6 is 0 Å². The summed E-state index contributed by atoms with van der Waals surface area (Å²) < 4.78 is 10.5. The van der Waals surface area contributed by atoms with E-state index in [2.05, 4.69) is 30.5 Å². The normalized spacial score (nSPS) is 19.4. The minimum Gasteiger partial charge on any atom is -0.496 e. The highest BCUT2D eigenvalue weighted by Gasteiger charge is 2.33. The highest BCUT2D eigenvalue weighted by atomic mass is 16.5. The number of benzene rings is 2. The van der Waals surface area contributed by atoms with Gasteiger partial charge in [-0.2, -0.15) is 0 Å². The van der Waals surface area contributed by atoms with Crippen molar-refractivity contribution in [3.8, 4) is 11.5 Å².